The summed E-state index contributed by atoms with van der Waals surface area (Å²) in [4.78, 5) is 7.91. The number of aromatic nitrogens is 2. The number of nitrogens with one attached hydrogen (secondary N) is 1. The van der Waals surface area contributed by atoms with Crippen LogP contribution >= 0.6 is 11.8 Å². The van der Waals surface area contributed by atoms with E-state index < -0.39 is 11.6 Å². The lowest BCUT2D eigenvalue weighted by atomic mass is 10.3. The maximum absolute atomic E-state index is 13.5. The zero-order chi connectivity index (χ0) is 14.1. The third-order valence-corrected chi connectivity index (χ3v) is 3.87. The Labute approximate surface area is 118 Å². The van der Waals surface area contributed by atoms with Crippen molar-refractivity contribution in [3.63, 3.8) is 0 Å². The van der Waals surface area contributed by atoms with E-state index in [2.05, 4.69) is 9.97 Å². The van der Waals surface area contributed by atoms with E-state index >= 15 is 0 Å². The third-order valence-electron chi connectivity index (χ3n) is 2.81. The molecule has 1 heterocycles. The summed E-state index contributed by atoms with van der Waals surface area (Å²) in [6.07, 6.45) is 0. The van der Waals surface area contributed by atoms with E-state index in [1.54, 1.807) is 12.1 Å². The molecule has 2 aromatic carbocycles. The largest absolute Gasteiger partial charge is 0.399 e. The highest BCUT2D eigenvalue weighted by atomic mass is 32.2. The van der Waals surface area contributed by atoms with Crippen LogP contribution in [0.15, 0.2) is 41.3 Å². The summed E-state index contributed by atoms with van der Waals surface area (Å²) in [6.45, 7) is 0. The molecule has 0 aliphatic rings. The van der Waals surface area contributed by atoms with Crippen molar-refractivity contribution in [2.24, 2.45) is 0 Å². The van der Waals surface area contributed by atoms with Crippen molar-refractivity contribution < 1.29 is 8.78 Å². The fourth-order valence-corrected chi connectivity index (χ4v) is 2.68. The van der Waals surface area contributed by atoms with Crippen LogP contribution in [0, 0.1) is 11.6 Å². The van der Waals surface area contributed by atoms with Gasteiger partial charge in [0.1, 0.15) is 17.5 Å². The average molecular weight is 291 g/mol. The number of imidazole rings is 1. The summed E-state index contributed by atoms with van der Waals surface area (Å²) in [5.41, 5.74) is 8.01. The van der Waals surface area contributed by atoms with Crippen molar-refractivity contribution in [3.8, 4) is 0 Å². The van der Waals surface area contributed by atoms with Gasteiger partial charge in [-0.15, -0.1) is 11.8 Å². The molecule has 3 nitrogen and oxygen atoms in total. The lowest BCUT2D eigenvalue weighted by molar-refractivity contribution is 0.565. The van der Waals surface area contributed by atoms with Crippen molar-refractivity contribution in [1.29, 1.82) is 0 Å². The summed E-state index contributed by atoms with van der Waals surface area (Å²) < 4.78 is 26.3. The molecule has 0 atom stereocenters. The van der Waals surface area contributed by atoms with Crippen LogP contribution in [0.25, 0.3) is 11.0 Å². The number of hydrogen-bond donors (Lipinski definition) is 2. The maximum atomic E-state index is 13.5. The number of thioether (sulfide) groups is 1. The summed E-state index contributed by atoms with van der Waals surface area (Å²) in [5, 5.41) is 0. The minimum Gasteiger partial charge on any atom is -0.399 e. The minimum absolute atomic E-state index is 0.395. The monoisotopic (exact) mass is 291 g/mol. The van der Waals surface area contributed by atoms with E-state index in [1.807, 2.05) is 6.07 Å². The van der Waals surface area contributed by atoms with Gasteiger partial charge in [0.15, 0.2) is 0 Å². The summed E-state index contributed by atoms with van der Waals surface area (Å²) in [5.74, 6) is 0.0534. The smallest absolute Gasteiger partial charge is 0.139 e. The molecular formula is C14H11F2N3S. The number of benzene rings is 2. The van der Waals surface area contributed by atoms with Gasteiger partial charge in [-0.1, -0.05) is 0 Å². The SMILES string of the molecule is Nc1ccc2nc(CSc3ccc(F)cc3F)[nH]c2c1. The van der Waals surface area contributed by atoms with Gasteiger partial charge < -0.3 is 10.7 Å². The Morgan fingerprint density at radius 3 is 2.80 bits per heavy atom. The highest BCUT2D eigenvalue weighted by Gasteiger charge is 2.07. The quantitative estimate of drug-likeness (QED) is 0.571. The molecule has 3 rings (SSSR count). The first-order chi connectivity index (χ1) is 9.61. The predicted molar refractivity (Wildman–Crippen MR) is 76.4 cm³/mol. The number of rotatable bonds is 3. The second-order valence-corrected chi connectivity index (χ2v) is 5.34. The van der Waals surface area contributed by atoms with Crippen LogP contribution in [0.4, 0.5) is 14.5 Å². The Morgan fingerprint density at radius 1 is 1.15 bits per heavy atom. The highest BCUT2D eigenvalue weighted by Crippen LogP contribution is 2.26. The molecule has 0 radical (unpaired) electrons. The fraction of sp³-hybridized carbons (Fsp3) is 0.0714. The molecule has 1 aromatic heterocycles. The van der Waals surface area contributed by atoms with Gasteiger partial charge in [0.2, 0.25) is 0 Å². The Morgan fingerprint density at radius 2 is 2.00 bits per heavy atom. The standard InChI is InChI=1S/C14H11F2N3S/c15-8-1-4-13(10(16)5-8)20-7-14-18-11-3-2-9(17)6-12(11)19-14/h1-6H,7,17H2,(H,18,19). The van der Waals surface area contributed by atoms with E-state index in [1.165, 1.54) is 23.9 Å². The Bertz CT molecular complexity index is 770. The molecule has 102 valence electrons. The lowest BCUT2D eigenvalue weighted by Gasteiger charge is -2.01. The molecule has 0 bridgehead atoms. The van der Waals surface area contributed by atoms with E-state index in [9.17, 15) is 8.78 Å². The van der Waals surface area contributed by atoms with Gasteiger partial charge in [-0.2, -0.15) is 0 Å². The van der Waals surface area contributed by atoms with Gasteiger partial charge in [-0.05, 0) is 30.3 Å². The summed E-state index contributed by atoms with van der Waals surface area (Å²) >= 11 is 1.26. The average Bonchev–Trinajstić information content (AvgIpc) is 2.79. The molecule has 0 aliphatic carbocycles. The first-order valence-corrected chi connectivity index (χ1v) is 6.92. The van der Waals surface area contributed by atoms with Crippen molar-refractivity contribution in [2.75, 3.05) is 5.73 Å². The number of halogens is 2. The molecule has 0 amide bonds. The Kier molecular flexibility index (Phi) is 3.31. The summed E-state index contributed by atoms with van der Waals surface area (Å²) in [7, 11) is 0. The topological polar surface area (TPSA) is 54.7 Å². The second-order valence-electron chi connectivity index (χ2n) is 4.32. The molecule has 0 aliphatic heterocycles. The minimum atomic E-state index is -0.578. The molecule has 0 saturated carbocycles. The zero-order valence-corrected chi connectivity index (χ0v) is 11.2. The van der Waals surface area contributed by atoms with Gasteiger partial charge in [0, 0.05) is 16.6 Å². The molecule has 20 heavy (non-hydrogen) atoms. The third kappa shape index (κ3) is 2.60. The number of hydrogen-bond acceptors (Lipinski definition) is 3. The molecular weight excluding hydrogens is 280 g/mol. The Balaban J connectivity index is 1.79. The summed E-state index contributed by atoms with van der Waals surface area (Å²) in [6, 6.07) is 8.95. The highest BCUT2D eigenvalue weighted by molar-refractivity contribution is 7.98. The number of nitrogen functional groups attached to an aromatic ring is 1. The first-order valence-electron chi connectivity index (χ1n) is 5.94. The lowest BCUT2D eigenvalue weighted by Crippen LogP contribution is -1.87. The first kappa shape index (κ1) is 12.9. The van der Waals surface area contributed by atoms with Gasteiger partial charge >= 0.3 is 0 Å². The van der Waals surface area contributed by atoms with Crippen LogP contribution in [-0.4, -0.2) is 9.97 Å². The van der Waals surface area contributed by atoms with Crippen LogP contribution in [-0.2, 0) is 5.75 Å². The van der Waals surface area contributed by atoms with Crippen molar-refractivity contribution >= 4 is 28.5 Å². The van der Waals surface area contributed by atoms with Crippen molar-refractivity contribution in [1.82, 2.24) is 9.97 Å². The van der Waals surface area contributed by atoms with Gasteiger partial charge in [-0.25, -0.2) is 13.8 Å². The number of nitrogens with two attached hydrogens (primary N) is 1. The van der Waals surface area contributed by atoms with Crippen LogP contribution < -0.4 is 5.73 Å². The number of fused-ring (bicyclic) bond motifs is 1. The molecule has 3 aromatic rings. The number of aromatic amines is 1. The van der Waals surface area contributed by atoms with Crippen molar-refractivity contribution in [2.45, 2.75) is 10.6 Å². The van der Waals surface area contributed by atoms with Crippen LogP contribution in [0.2, 0.25) is 0 Å². The second kappa shape index (κ2) is 5.13. The van der Waals surface area contributed by atoms with E-state index in [0.717, 1.165) is 22.9 Å². The molecule has 0 spiro atoms. The molecule has 3 N–H and O–H groups in total. The van der Waals surface area contributed by atoms with E-state index in [0.29, 0.717) is 16.3 Å². The van der Waals surface area contributed by atoms with Gasteiger partial charge in [0.25, 0.3) is 0 Å². The van der Waals surface area contributed by atoms with Gasteiger partial charge in [-0.3, -0.25) is 0 Å². The number of anilines is 1. The predicted octanol–water partition coefficient (Wildman–Crippen LogP) is 3.72. The maximum Gasteiger partial charge on any atom is 0.139 e. The number of H-pyrrole nitrogens is 1. The number of nitrogens with zero attached hydrogens (tertiary/aromatic N) is 1. The van der Waals surface area contributed by atoms with Crippen LogP contribution in [0.1, 0.15) is 5.82 Å². The normalized spacial score (nSPS) is 11.1. The van der Waals surface area contributed by atoms with E-state index in [4.69, 9.17) is 5.73 Å². The molecule has 0 fully saturated rings. The molecule has 6 heteroatoms. The van der Waals surface area contributed by atoms with Crippen LogP contribution in [0.5, 0.6) is 0 Å². The molecule has 0 saturated heterocycles. The van der Waals surface area contributed by atoms with Gasteiger partial charge in [0.05, 0.1) is 16.8 Å². The molecule has 0 unspecified atom stereocenters. The van der Waals surface area contributed by atoms with Crippen molar-refractivity contribution in [3.05, 3.63) is 53.9 Å². The zero-order valence-electron chi connectivity index (χ0n) is 10.4. The van der Waals surface area contributed by atoms with Crippen LogP contribution in [0.3, 0.4) is 0 Å². The van der Waals surface area contributed by atoms with E-state index in [-0.39, 0.29) is 0 Å². The Hall–Kier alpha value is -2.08. The fourth-order valence-electron chi connectivity index (χ4n) is 1.89.